The largest absolute Gasteiger partial charge is 0.368 e. The molecule has 1 heterocycles. The van der Waals surface area contributed by atoms with E-state index < -0.39 is 11.9 Å². The molecule has 3 unspecified atom stereocenters. The summed E-state index contributed by atoms with van der Waals surface area (Å²) in [5, 5.41) is 3.08. The maximum atomic E-state index is 12.0. The monoisotopic (exact) mass is 211 g/mol. The van der Waals surface area contributed by atoms with Crippen molar-refractivity contribution in [2.75, 3.05) is 19.6 Å². The molecule has 0 radical (unpaired) electrons. The number of piperazine rings is 1. The third kappa shape index (κ3) is 1.97. The molecule has 3 atom stereocenters. The summed E-state index contributed by atoms with van der Waals surface area (Å²) in [5.74, 6) is 0.294. The average molecular weight is 211 g/mol. The van der Waals surface area contributed by atoms with Gasteiger partial charge in [-0.1, -0.05) is 6.92 Å². The van der Waals surface area contributed by atoms with Gasteiger partial charge in [0.15, 0.2) is 0 Å². The second-order valence-corrected chi connectivity index (χ2v) is 4.47. The molecule has 0 aromatic rings. The summed E-state index contributed by atoms with van der Waals surface area (Å²) in [6.45, 7) is 3.89. The number of nitrogens with one attached hydrogen (secondary N) is 1. The lowest BCUT2D eigenvalue weighted by Gasteiger charge is -2.34. The van der Waals surface area contributed by atoms with Crippen LogP contribution in [0, 0.1) is 11.8 Å². The molecule has 0 bridgehead atoms. The second-order valence-electron chi connectivity index (χ2n) is 4.47. The third-order valence-corrected chi connectivity index (χ3v) is 3.28. The first-order valence-corrected chi connectivity index (χ1v) is 5.41. The molecule has 5 nitrogen and oxygen atoms in total. The van der Waals surface area contributed by atoms with Crippen molar-refractivity contribution < 1.29 is 9.59 Å². The molecule has 1 aliphatic heterocycles. The Morgan fingerprint density at radius 1 is 1.47 bits per heavy atom. The van der Waals surface area contributed by atoms with Gasteiger partial charge in [0, 0.05) is 25.6 Å². The maximum absolute atomic E-state index is 12.0. The Kier molecular flexibility index (Phi) is 2.65. The fourth-order valence-corrected chi connectivity index (χ4v) is 2.10. The van der Waals surface area contributed by atoms with E-state index in [2.05, 4.69) is 12.2 Å². The van der Waals surface area contributed by atoms with Crippen LogP contribution in [0.1, 0.15) is 13.3 Å². The van der Waals surface area contributed by atoms with Crippen molar-refractivity contribution in [2.24, 2.45) is 17.6 Å². The van der Waals surface area contributed by atoms with E-state index in [4.69, 9.17) is 5.73 Å². The molecule has 2 amide bonds. The summed E-state index contributed by atoms with van der Waals surface area (Å²) < 4.78 is 0. The molecule has 15 heavy (non-hydrogen) atoms. The van der Waals surface area contributed by atoms with Gasteiger partial charge in [0.1, 0.15) is 6.04 Å². The van der Waals surface area contributed by atoms with Crippen molar-refractivity contribution in [1.29, 1.82) is 0 Å². The SMILES string of the molecule is CC1CC1C(=O)N1CCNCC1C(N)=O. The van der Waals surface area contributed by atoms with E-state index in [-0.39, 0.29) is 11.8 Å². The minimum absolute atomic E-state index is 0.104. The first kappa shape index (κ1) is 10.4. The Hall–Kier alpha value is -1.10. The van der Waals surface area contributed by atoms with Crippen LogP contribution in [-0.2, 0) is 9.59 Å². The van der Waals surface area contributed by atoms with Crippen LogP contribution < -0.4 is 11.1 Å². The van der Waals surface area contributed by atoms with E-state index in [0.29, 0.717) is 19.0 Å². The van der Waals surface area contributed by atoms with Gasteiger partial charge in [-0.2, -0.15) is 0 Å². The van der Waals surface area contributed by atoms with Gasteiger partial charge in [0.05, 0.1) is 0 Å². The van der Waals surface area contributed by atoms with Crippen LogP contribution in [0.2, 0.25) is 0 Å². The van der Waals surface area contributed by atoms with E-state index in [1.165, 1.54) is 0 Å². The van der Waals surface area contributed by atoms with Gasteiger partial charge in [0.25, 0.3) is 0 Å². The summed E-state index contributed by atoms with van der Waals surface area (Å²) in [5.41, 5.74) is 5.28. The highest BCUT2D eigenvalue weighted by Gasteiger charge is 2.44. The Labute approximate surface area is 89.0 Å². The van der Waals surface area contributed by atoms with E-state index in [9.17, 15) is 9.59 Å². The van der Waals surface area contributed by atoms with Gasteiger partial charge in [-0.25, -0.2) is 0 Å². The number of rotatable bonds is 2. The van der Waals surface area contributed by atoms with E-state index in [1.807, 2.05) is 0 Å². The highest BCUT2D eigenvalue weighted by Crippen LogP contribution is 2.39. The van der Waals surface area contributed by atoms with Gasteiger partial charge >= 0.3 is 0 Å². The summed E-state index contributed by atoms with van der Waals surface area (Å²) in [6.07, 6.45) is 0.953. The molecule has 1 aliphatic carbocycles. The Morgan fingerprint density at radius 2 is 2.13 bits per heavy atom. The predicted molar refractivity (Wildman–Crippen MR) is 54.8 cm³/mol. The van der Waals surface area contributed by atoms with Gasteiger partial charge in [-0.15, -0.1) is 0 Å². The number of amides is 2. The van der Waals surface area contributed by atoms with Crippen LogP contribution >= 0.6 is 0 Å². The number of nitrogens with zero attached hydrogens (tertiary/aromatic N) is 1. The highest BCUT2D eigenvalue weighted by molar-refractivity contribution is 5.89. The normalized spacial score (nSPS) is 35.0. The molecule has 5 heteroatoms. The van der Waals surface area contributed by atoms with Gasteiger partial charge in [-0.3, -0.25) is 9.59 Å². The highest BCUT2D eigenvalue weighted by atomic mass is 16.2. The average Bonchev–Trinajstić information content (AvgIpc) is 2.94. The van der Waals surface area contributed by atoms with Crippen molar-refractivity contribution >= 4 is 11.8 Å². The molecule has 0 aromatic heterocycles. The summed E-state index contributed by atoms with van der Waals surface area (Å²) in [4.78, 5) is 24.8. The minimum atomic E-state index is -0.459. The fraction of sp³-hybridized carbons (Fsp3) is 0.800. The van der Waals surface area contributed by atoms with Crippen molar-refractivity contribution in [3.63, 3.8) is 0 Å². The molecule has 1 saturated heterocycles. The van der Waals surface area contributed by atoms with E-state index >= 15 is 0 Å². The molecule has 3 N–H and O–H groups in total. The lowest BCUT2D eigenvalue weighted by Crippen LogP contribution is -2.59. The van der Waals surface area contributed by atoms with Gasteiger partial charge < -0.3 is 16.0 Å². The number of carbonyl (C=O) groups excluding carboxylic acids is 2. The zero-order valence-corrected chi connectivity index (χ0v) is 8.90. The van der Waals surface area contributed by atoms with Crippen LogP contribution in [0.25, 0.3) is 0 Å². The van der Waals surface area contributed by atoms with Crippen LogP contribution in [0.3, 0.4) is 0 Å². The smallest absolute Gasteiger partial charge is 0.241 e. The lowest BCUT2D eigenvalue weighted by molar-refractivity contribution is -0.141. The first-order valence-electron chi connectivity index (χ1n) is 5.41. The van der Waals surface area contributed by atoms with Crippen LogP contribution in [-0.4, -0.2) is 42.4 Å². The zero-order valence-electron chi connectivity index (χ0n) is 8.90. The molecular weight excluding hydrogens is 194 g/mol. The molecule has 84 valence electrons. The molecule has 2 aliphatic rings. The number of carbonyl (C=O) groups is 2. The molecule has 0 aromatic carbocycles. The standard InChI is InChI=1S/C10H17N3O2/c1-6-4-7(6)10(15)13-3-2-12-5-8(13)9(11)14/h6-8,12H,2-5H2,1H3,(H2,11,14). The third-order valence-electron chi connectivity index (χ3n) is 3.28. The maximum Gasteiger partial charge on any atom is 0.241 e. The number of hydrogen-bond acceptors (Lipinski definition) is 3. The van der Waals surface area contributed by atoms with Gasteiger partial charge in [0.2, 0.25) is 11.8 Å². The summed E-state index contributed by atoms with van der Waals surface area (Å²) >= 11 is 0. The molecule has 2 rings (SSSR count). The van der Waals surface area contributed by atoms with E-state index in [1.54, 1.807) is 4.90 Å². The Balaban J connectivity index is 2.04. The molecule has 2 fully saturated rings. The number of hydrogen-bond donors (Lipinski definition) is 2. The van der Waals surface area contributed by atoms with Crippen molar-refractivity contribution in [3.8, 4) is 0 Å². The quantitative estimate of drug-likeness (QED) is 0.610. The molecule has 1 saturated carbocycles. The zero-order chi connectivity index (χ0) is 11.0. The second kappa shape index (κ2) is 3.81. The number of nitrogens with two attached hydrogens (primary N) is 1. The molecule has 0 spiro atoms. The van der Waals surface area contributed by atoms with Crippen LogP contribution in [0.4, 0.5) is 0 Å². The van der Waals surface area contributed by atoms with Crippen molar-refractivity contribution in [1.82, 2.24) is 10.2 Å². The summed E-state index contributed by atoms with van der Waals surface area (Å²) in [7, 11) is 0. The van der Waals surface area contributed by atoms with Gasteiger partial charge in [-0.05, 0) is 12.3 Å². The first-order chi connectivity index (χ1) is 7.11. The molecular formula is C10H17N3O2. The fourth-order valence-electron chi connectivity index (χ4n) is 2.10. The van der Waals surface area contributed by atoms with E-state index in [0.717, 1.165) is 13.0 Å². The summed E-state index contributed by atoms with van der Waals surface area (Å²) in [6, 6.07) is -0.459. The minimum Gasteiger partial charge on any atom is -0.368 e. The van der Waals surface area contributed by atoms with Crippen molar-refractivity contribution in [2.45, 2.75) is 19.4 Å². The predicted octanol–water partition coefficient (Wildman–Crippen LogP) is -1.07. The van der Waals surface area contributed by atoms with Crippen LogP contribution in [0.5, 0.6) is 0 Å². The van der Waals surface area contributed by atoms with Crippen molar-refractivity contribution in [3.05, 3.63) is 0 Å². The Morgan fingerprint density at radius 3 is 2.67 bits per heavy atom. The van der Waals surface area contributed by atoms with Crippen LogP contribution in [0.15, 0.2) is 0 Å². The lowest BCUT2D eigenvalue weighted by atomic mass is 10.1. The topological polar surface area (TPSA) is 75.4 Å². The number of primary amides is 1. The Bertz CT molecular complexity index is 292.